The summed E-state index contributed by atoms with van der Waals surface area (Å²) in [4.78, 5) is 0. The Labute approximate surface area is 131 Å². The van der Waals surface area contributed by atoms with Crippen molar-refractivity contribution >= 4 is 11.8 Å². The Bertz CT molecular complexity index is 565. The van der Waals surface area contributed by atoms with Crippen LogP contribution in [0.25, 0.3) is 0 Å². The van der Waals surface area contributed by atoms with Crippen LogP contribution in [0.15, 0.2) is 35.5 Å². The molecule has 0 radical (unpaired) electrons. The van der Waals surface area contributed by atoms with Crippen molar-refractivity contribution in [2.75, 3.05) is 7.05 Å². The third kappa shape index (κ3) is 3.66. The van der Waals surface area contributed by atoms with Crippen LogP contribution in [0, 0.1) is 12.8 Å². The summed E-state index contributed by atoms with van der Waals surface area (Å²) in [6, 6.07) is 10.9. The van der Waals surface area contributed by atoms with E-state index in [1.54, 1.807) is 11.8 Å². The summed E-state index contributed by atoms with van der Waals surface area (Å²) in [7, 11) is 4.04. The van der Waals surface area contributed by atoms with Crippen LogP contribution in [0.1, 0.15) is 31.3 Å². The largest absolute Gasteiger partial charge is 0.312 e. The van der Waals surface area contributed by atoms with E-state index in [1.165, 1.54) is 5.56 Å². The van der Waals surface area contributed by atoms with Crippen LogP contribution in [0.5, 0.6) is 0 Å². The molecule has 0 amide bonds. The summed E-state index contributed by atoms with van der Waals surface area (Å²) in [6.45, 7) is 6.50. The standard InChI is InChI=1S/C16H24N4S/c1-11(2)15(21-16-19-18-12(3)20(16)5)14(17-4)13-9-7-6-8-10-13/h6-11,14-15,17H,1-5H3. The van der Waals surface area contributed by atoms with Gasteiger partial charge in [-0.05, 0) is 25.5 Å². The second-order valence-corrected chi connectivity index (χ2v) is 6.74. The molecular weight excluding hydrogens is 280 g/mol. The smallest absolute Gasteiger partial charge is 0.191 e. The molecule has 1 aromatic carbocycles. The van der Waals surface area contributed by atoms with Crippen LogP contribution >= 0.6 is 11.8 Å². The Morgan fingerprint density at radius 1 is 1.14 bits per heavy atom. The summed E-state index contributed by atoms with van der Waals surface area (Å²) in [5.41, 5.74) is 1.31. The Hall–Kier alpha value is -1.33. The predicted molar refractivity (Wildman–Crippen MR) is 88.5 cm³/mol. The predicted octanol–water partition coefficient (Wildman–Crippen LogP) is 3.20. The van der Waals surface area contributed by atoms with Crippen molar-refractivity contribution in [3.8, 4) is 0 Å². The molecule has 114 valence electrons. The molecule has 2 aromatic rings. The van der Waals surface area contributed by atoms with Gasteiger partial charge in [0.25, 0.3) is 0 Å². The van der Waals surface area contributed by atoms with E-state index in [-0.39, 0.29) is 6.04 Å². The summed E-state index contributed by atoms with van der Waals surface area (Å²) >= 11 is 1.80. The van der Waals surface area contributed by atoms with E-state index in [0.29, 0.717) is 11.2 Å². The Morgan fingerprint density at radius 3 is 2.29 bits per heavy atom. The van der Waals surface area contributed by atoms with Crippen LogP contribution in [-0.4, -0.2) is 27.1 Å². The number of nitrogens with one attached hydrogen (secondary N) is 1. The van der Waals surface area contributed by atoms with E-state index in [0.717, 1.165) is 11.0 Å². The van der Waals surface area contributed by atoms with E-state index < -0.39 is 0 Å². The van der Waals surface area contributed by atoms with Crippen molar-refractivity contribution in [1.29, 1.82) is 0 Å². The lowest BCUT2D eigenvalue weighted by atomic mass is 9.96. The fourth-order valence-electron chi connectivity index (χ4n) is 2.38. The van der Waals surface area contributed by atoms with E-state index in [1.807, 2.05) is 21.0 Å². The summed E-state index contributed by atoms with van der Waals surface area (Å²) in [5.74, 6) is 1.46. The van der Waals surface area contributed by atoms with Gasteiger partial charge in [-0.2, -0.15) is 0 Å². The quantitative estimate of drug-likeness (QED) is 0.832. The lowest BCUT2D eigenvalue weighted by Gasteiger charge is -2.29. The number of hydrogen-bond donors (Lipinski definition) is 1. The minimum Gasteiger partial charge on any atom is -0.312 e. The third-order valence-electron chi connectivity index (χ3n) is 3.75. The minimum absolute atomic E-state index is 0.285. The van der Waals surface area contributed by atoms with Gasteiger partial charge in [-0.15, -0.1) is 10.2 Å². The molecule has 0 saturated heterocycles. The average molecular weight is 304 g/mol. The first-order valence-electron chi connectivity index (χ1n) is 7.29. The van der Waals surface area contributed by atoms with Crippen molar-refractivity contribution in [3.63, 3.8) is 0 Å². The third-order valence-corrected chi connectivity index (χ3v) is 5.40. The fourth-order valence-corrected chi connectivity index (χ4v) is 3.71. The van der Waals surface area contributed by atoms with Crippen molar-refractivity contribution < 1.29 is 0 Å². The van der Waals surface area contributed by atoms with E-state index >= 15 is 0 Å². The molecular formula is C16H24N4S. The number of aryl methyl sites for hydroxylation is 1. The van der Waals surface area contributed by atoms with Gasteiger partial charge in [0.15, 0.2) is 5.16 Å². The highest BCUT2D eigenvalue weighted by Crippen LogP contribution is 2.35. The molecule has 1 heterocycles. The number of thioether (sulfide) groups is 1. The van der Waals surface area contributed by atoms with Gasteiger partial charge in [0.05, 0.1) is 0 Å². The Kier molecular flexibility index (Phi) is 5.42. The topological polar surface area (TPSA) is 42.7 Å². The zero-order valence-electron chi connectivity index (χ0n) is 13.4. The maximum absolute atomic E-state index is 4.30. The van der Waals surface area contributed by atoms with E-state index in [2.05, 4.69) is 64.3 Å². The first-order valence-corrected chi connectivity index (χ1v) is 8.17. The molecule has 0 aliphatic heterocycles. The average Bonchev–Trinajstić information content (AvgIpc) is 2.80. The van der Waals surface area contributed by atoms with Crippen LogP contribution in [0.3, 0.4) is 0 Å². The SMILES string of the molecule is CNC(c1ccccc1)C(Sc1nnc(C)n1C)C(C)C. The number of benzene rings is 1. The maximum Gasteiger partial charge on any atom is 0.191 e. The molecule has 2 atom stereocenters. The van der Waals surface area contributed by atoms with Gasteiger partial charge in [-0.3, -0.25) is 0 Å². The van der Waals surface area contributed by atoms with Crippen molar-refractivity contribution in [3.05, 3.63) is 41.7 Å². The highest BCUT2D eigenvalue weighted by Gasteiger charge is 2.27. The first-order chi connectivity index (χ1) is 10.0. The Balaban J connectivity index is 2.27. The zero-order chi connectivity index (χ0) is 15.4. The van der Waals surface area contributed by atoms with Gasteiger partial charge in [0.1, 0.15) is 5.82 Å². The second-order valence-electron chi connectivity index (χ2n) is 5.59. The summed E-state index contributed by atoms with van der Waals surface area (Å²) in [6.07, 6.45) is 0. The molecule has 0 spiro atoms. The molecule has 1 aromatic heterocycles. The molecule has 2 rings (SSSR count). The van der Waals surface area contributed by atoms with Gasteiger partial charge in [-0.1, -0.05) is 55.9 Å². The zero-order valence-corrected chi connectivity index (χ0v) is 14.2. The summed E-state index contributed by atoms with van der Waals surface area (Å²) < 4.78 is 2.05. The lowest BCUT2D eigenvalue weighted by molar-refractivity contribution is 0.471. The molecule has 0 aliphatic carbocycles. The molecule has 0 saturated carbocycles. The van der Waals surface area contributed by atoms with Gasteiger partial charge < -0.3 is 9.88 Å². The molecule has 1 N–H and O–H groups in total. The molecule has 0 aliphatic rings. The second kappa shape index (κ2) is 7.09. The monoisotopic (exact) mass is 304 g/mol. The highest BCUT2D eigenvalue weighted by atomic mass is 32.2. The van der Waals surface area contributed by atoms with Crippen LogP contribution in [0.4, 0.5) is 0 Å². The number of hydrogen-bond acceptors (Lipinski definition) is 4. The van der Waals surface area contributed by atoms with Gasteiger partial charge >= 0.3 is 0 Å². The molecule has 21 heavy (non-hydrogen) atoms. The van der Waals surface area contributed by atoms with Gasteiger partial charge in [0, 0.05) is 18.3 Å². The molecule has 0 fully saturated rings. The van der Waals surface area contributed by atoms with Gasteiger partial charge in [0.2, 0.25) is 0 Å². The van der Waals surface area contributed by atoms with Crippen molar-refractivity contribution in [2.24, 2.45) is 13.0 Å². The van der Waals surface area contributed by atoms with Gasteiger partial charge in [-0.25, -0.2) is 0 Å². The first kappa shape index (κ1) is 16.0. The number of aromatic nitrogens is 3. The maximum atomic E-state index is 4.30. The highest BCUT2D eigenvalue weighted by molar-refractivity contribution is 7.99. The van der Waals surface area contributed by atoms with Crippen molar-refractivity contribution in [2.45, 2.75) is 37.2 Å². The molecule has 4 nitrogen and oxygen atoms in total. The normalized spacial score (nSPS) is 14.4. The number of rotatable bonds is 6. The van der Waals surface area contributed by atoms with Crippen molar-refractivity contribution in [1.82, 2.24) is 20.1 Å². The van der Waals surface area contributed by atoms with E-state index in [4.69, 9.17) is 0 Å². The number of nitrogens with zero attached hydrogens (tertiary/aromatic N) is 3. The molecule has 2 unspecified atom stereocenters. The van der Waals surface area contributed by atoms with Crippen LogP contribution < -0.4 is 5.32 Å². The fraction of sp³-hybridized carbons (Fsp3) is 0.500. The summed E-state index contributed by atoms with van der Waals surface area (Å²) in [5, 5.41) is 13.3. The van der Waals surface area contributed by atoms with E-state index in [9.17, 15) is 0 Å². The lowest BCUT2D eigenvalue weighted by Crippen LogP contribution is -2.31. The van der Waals surface area contributed by atoms with Crippen LogP contribution in [-0.2, 0) is 7.05 Å². The molecule has 5 heteroatoms. The molecule has 0 bridgehead atoms. The minimum atomic E-state index is 0.285. The Morgan fingerprint density at radius 2 is 1.81 bits per heavy atom. The van der Waals surface area contributed by atoms with Crippen LogP contribution in [0.2, 0.25) is 0 Å².